The molecule has 2 aromatic carbocycles. The maximum absolute atomic E-state index is 12.8. The first kappa shape index (κ1) is 31.7. The van der Waals surface area contributed by atoms with E-state index in [0.717, 1.165) is 62.4 Å². The zero-order chi connectivity index (χ0) is 28.6. The summed E-state index contributed by atoms with van der Waals surface area (Å²) in [7, 11) is -4.21. The van der Waals surface area contributed by atoms with Gasteiger partial charge in [0, 0.05) is 18.6 Å². The van der Waals surface area contributed by atoms with Crippen LogP contribution in [0.3, 0.4) is 0 Å². The fraction of sp³-hybridized carbons (Fsp3) is 0.559. The van der Waals surface area contributed by atoms with E-state index in [2.05, 4.69) is 108 Å². The Bertz CT molecular complexity index is 1020. The van der Waals surface area contributed by atoms with Gasteiger partial charge >= 0.3 is 0 Å². The van der Waals surface area contributed by atoms with Crippen LogP contribution in [0.25, 0.3) is 0 Å². The highest BCUT2D eigenvalue weighted by molar-refractivity contribution is 6.99. The van der Waals surface area contributed by atoms with Crippen LogP contribution in [0.4, 0.5) is 0 Å². The number of Topliss-reactive ketones (excluding diaryl/α,β-unsaturated/α-hetero) is 1. The Hall–Kier alpha value is -1.80. The molecule has 2 aromatic rings. The van der Waals surface area contributed by atoms with Crippen LogP contribution < -0.4 is 10.4 Å². The molecule has 0 saturated carbocycles. The Morgan fingerprint density at radius 1 is 0.821 bits per heavy atom. The van der Waals surface area contributed by atoms with Crippen molar-refractivity contribution in [1.82, 2.24) is 0 Å². The number of carbonyl (C=O) groups is 1. The molecular formula is C34H52O3Si2. The maximum atomic E-state index is 12.8. The second-order valence-corrected chi connectivity index (χ2v) is 21.5. The topological polar surface area (TPSA) is 35.5 Å². The van der Waals surface area contributed by atoms with Gasteiger partial charge in [-0.25, -0.2) is 0 Å². The lowest BCUT2D eigenvalue weighted by Crippen LogP contribution is -2.66. The molecule has 3 rings (SSSR count). The van der Waals surface area contributed by atoms with E-state index in [0.29, 0.717) is 6.61 Å². The molecule has 39 heavy (non-hydrogen) atoms. The van der Waals surface area contributed by atoms with Crippen LogP contribution >= 0.6 is 0 Å². The average Bonchev–Trinajstić information content (AvgIpc) is 3.36. The van der Waals surface area contributed by atoms with Crippen molar-refractivity contribution in [2.75, 3.05) is 13.2 Å². The van der Waals surface area contributed by atoms with Crippen molar-refractivity contribution in [1.29, 1.82) is 0 Å². The lowest BCUT2D eigenvalue weighted by atomic mass is 9.73. The Morgan fingerprint density at radius 3 is 1.82 bits per heavy atom. The van der Waals surface area contributed by atoms with Gasteiger partial charge < -0.3 is 8.85 Å². The van der Waals surface area contributed by atoms with Crippen molar-refractivity contribution < 1.29 is 13.6 Å². The standard InChI is InChI=1S/C34H52O3Si2/c1-8-38(9-2,10-3)36-28-26-34(24-17-23-32(34)29(4)35)25-18-27-37-39(33(5,6)7,30-19-13-11-14-20-30)31-21-15-12-16-22-31/h11-16,19-23H,8-10,17-18,24-28H2,1-7H3/t34-/m0/s1. The first-order valence-corrected chi connectivity index (χ1v) is 19.6. The summed E-state index contributed by atoms with van der Waals surface area (Å²) >= 11 is 0. The van der Waals surface area contributed by atoms with E-state index < -0.39 is 16.6 Å². The lowest BCUT2D eigenvalue weighted by molar-refractivity contribution is -0.114. The summed E-state index contributed by atoms with van der Waals surface area (Å²) in [5, 5.41) is 2.60. The minimum absolute atomic E-state index is 0.0343. The highest BCUT2D eigenvalue weighted by Crippen LogP contribution is 2.47. The van der Waals surface area contributed by atoms with Gasteiger partial charge in [0.15, 0.2) is 14.1 Å². The lowest BCUT2D eigenvalue weighted by Gasteiger charge is -2.43. The van der Waals surface area contributed by atoms with E-state index in [4.69, 9.17) is 8.85 Å². The highest BCUT2D eigenvalue weighted by atomic mass is 28.4. The van der Waals surface area contributed by atoms with Gasteiger partial charge in [0.1, 0.15) is 0 Å². The van der Waals surface area contributed by atoms with Crippen molar-refractivity contribution >= 4 is 32.8 Å². The molecule has 1 atom stereocenters. The van der Waals surface area contributed by atoms with Crippen molar-refractivity contribution in [3.63, 3.8) is 0 Å². The number of ketones is 1. The van der Waals surface area contributed by atoms with Gasteiger partial charge in [0.25, 0.3) is 8.32 Å². The number of allylic oxidation sites excluding steroid dienone is 2. The molecule has 0 radical (unpaired) electrons. The van der Waals surface area contributed by atoms with Crippen LogP contribution in [0, 0.1) is 5.41 Å². The van der Waals surface area contributed by atoms with Crippen LogP contribution in [0.15, 0.2) is 72.3 Å². The van der Waals surface area contributed by atoms with Crippen LogP contribution in [0.5, 0.6) is 0 Å². The first-order chi connectivity index (χ1) is 18.6. The zero-order valence-electron chi connectivity index (χ0n) is 25.6. The molecule has 0 aliphatic heterocycles. The van der Waals surface area contributed by atoms with E-state index in [1.165, 1.54) is 10.4 Å². The number of benzene rings is 2. The summed E-state index contributed by atoms with van der Waals surface area (Å²) < 4.78 is 13.9. The van der Waals surface area contributed by atoms with Gasteiger partial charge in [-0.2, -0.15) is 0 Å². The van der Waals surface area contributed by atoms with E-state index in [-0.39, 0.29) is 16.2 Å². The molecule has 1 aliphatic rings. The number of hydrogen-bond acceptors (Lipinski definition) is 3. The third-order valence-corrected chi connectivity index (χ3v) is 19.1. The third-order valence-electron chi connectivity index (χ3n) is 9.38. The second-order valence-electron chi connectivity index (χ2n) is 12.5. The summed E-state index contributed by atoms with van der Waals surface area (Å²) in [6.07, 6.45) is 7.08. The number of rotatable bonds is 15. The van der Waals surface area contributed by atoms with E-state index >= 15 is 0 Å². The third kappa shape index (κ3) is 6.93. The minimum Gasteiger partial charge on any atom is -0.417 e. The molecule has 5 heteroatoms. The summed E-state index contributed by atoms with van der Waals surface area (Å²) in [4.78, 5) is 12.8. The molecule has 0 fully saturated rings. The molecule has 0 saturated heterocycles. The predicted octanol–water partition coefficient (Wildman–Crippen LogP) is 8.05. The fourth-order valence-corrected chi connectivity index (χ4v) is 14.2. The minimum atomic E-state index is -2.55. The van der Waals surface area contributed by atoms with Crippen LogP contribution in [0.1, 0.15) is 80.6 Å². The van der Waals surface area contributed by atoms with Gasteiger partial charge in [-0.3, -0.25) is 4.79 Å². The molecule has 0 aromatic heterocycles. The average molecular weight is 565 g/mol. The van der Waals surface area contributed by atoms with Crippen LogP contribution in [-0.4, -0.2) is 35.6 Å². The van der Waals surface area contributed by atoms with Crippen molar-refractivity contribution in [2.24, 2.45) is 5.41 Å². The van der Waals surface area contributed by atoms with E-state index in [9.17, 15) is 4.79 Å². The summed E-state index contributed by atoms with van der Waals surface area (Å²) in [5.41, 5.74) is 0.948. The van der Waals surface area contributed by atoms with Crippen molar-refractivity contribution in [3.8, 4) is 0 Å². The Kier molecular flexibility index (Phi) is 11.2. The molecular weight excluding hydrogens is 513 g/mol. The molecule has 0 spiro atoms. The van der Waals surface area contributed by atoms with Crippen molar-refractivity contribution in [3.05, 3.63) is 72.3 Å². The normalized spacial score (nSPS) is 18.3. The number of carbonyl (C=O) groups excluding carboxylic acids is 1. The van der Waals surface area contributed by atoms with Gasteiger partial charge in [-0.15, -0.1) is 0 Å². The van der Waals surface area contributed by atoms with Gasteiger partial charge in [0.05, 0.1) is 0 Å². The second kappa shape index (κ2) is 13.7. The monoisotopic (exact) mass is 564 g/mol. The first-order valence-electron chi connectivity index (χ1n) is 15.2. The molecule has 0 bridgehead atoms. The largest absolute Gasteiger partial charge is 0.417 e. The molecule has 214 valence electrons. The Labute approximate surface area is 240 Å². The van der Waals surface area contributed by atoms with Gasteiger partial charge in [0.2, 0.25) is 0 Å². The fourth-order valence-electron chi connectivity index (χ4n) is 6.92. The molecule has 0 amide bonds. The summed E-state index contributed by atoms with van der Waals surface area (Å²) in [6.45, 7) is 17.1. The highest BCUT2D eigenvalue weighted by Gasteiger charge is 2.50. The molecule has 0 N–H and O–H groups in total. The van der Waals surface area contributed by atoms with Crippen LogP contribution in [-0.2, 0) is 13.6 Å². The van der Waals surface area contributed by atoms with Gasteiger partial charge in [-0.1, -0.05) is 108 Å². The number of hydrogen-bond donors (Lipinski definition) is 0. The Balaban J connectivity index is 1.82. The SMILES string of the molecule is CC[Si](CC)(CC)OCC[C@@]1(CCCO[Si](c2ccccc2)(c2ccccc2)C(C)(C)C)CCC=C1C(C)=O. The summed E-state index contributed by atoms with van der Waals surface area (Å²) in [5.74, 6) is 0.227. The van der Waals surface area contributed by atoms with Gasteiger partial charge in [-0.05, 0) is 78.1 Å². The molecule has 0 unspecified atom stereocenters. The molecule has 3 nitrogen and oxygen atoms in total. The zero-order valence-corrected chi connectivity index (χ0v) is 27.6. The smallest absolute Gasteiger partial charge is 0.261 e. The summed E-state index contributed by atoms with van der Waals surface area (Å²) in [6, 6.07) is 25.2. The van der Waals surface area contributed by atoms with Crippen molar-refractivity contribution in [2.45, 2.75) is 104 Å². The quantitative estimate of drug-likeness (QED) is 0.162. The van der Waals surface area contributed by atoms with Crippen LogP contribution in [0.2, 0.25) is 23.2 Å². The van der Waals surface area contributed by atoms with E-state index in [1.54, 1.807) is 6.92 Å². The van der Waals surface area contributed by atoms with E-state index in [1.807, 2.05) is 0 Å². The molecule has 0 heterocycles. The maximum Gasteiger partial charge on any atom is 0.261 e. The Morgan fingerprint density at radius 2 is 1.36 bits per heavy atom. The predicted molar refractivity (Wildman–Crippen MR) is 171 cm³/mol. The molecule has 1 aliphatic carbocycles.